The number of hydrogen-bond donors (Lipinski definition) is 1. The number of anilines is 1. The monoisotopic (exact) mass is 361 g/mol. The van der Waals surface area contributed by atoms with Gasteiger partial charge in [-0.25, -0.2) is 4.98 Å². The van der Waals surface area contributed by atoms with Crippen molar-refractivity contribution in [3.05, 3.63) is 45.9 Å². The molecule has 2 amide bonds. The molecule has 1 unspecified atom stereocenters. The molecule has 3 rings (SSSR count). The van der Waals surface area contributed by atoms with Gasteiger partial charge in [0.2, 0.25) is 11.8 Å². The van der Waals surface area contributed by atoms with Crippen LogP contribution in [0, 0.1) is 0 Å². The number of carbonyl (C=O) groups is 2. The summed E-state index contributed by atoms with van der Waals surface area (Å²) in [5.74, 6) is 0.289. The molecule has 7 heteroatoms. The molecule has 5 nitrogen and oxygen atoms in total. The summed E-state index contributed by atoms with van der Waals surface area (Å²) in [5, 5.41) is 5.96. The summed E-state index contributed by atoms with van der Waals surface area (Å²) in [6.45, 7) is 0.395. The third kappa shape index (κ3) is 3.47. The molecular formula is C17H19N3O2S2. The maximum atomic E-state index is 12.6. The van der Waals surface area contributed by atoms with Crippen LogP contribution in [0.15, 0.2) is 29.6 Å². The van der Waals surface area contributed by atoms with Crippen LogP contribution >= 0.6 is 23.1 Å². The van der Waals surface area contributed by atoms with Crippen LogP contribution in [0.4, 0.5) is 5.69 Å². The Morgan fingerprint density at radius 3 is 3.04 bits per heavy atom. The van der Waals surface area contributed by atoms with Gasteiger partial charge in [0.15, 0.2) is 0 Å². The highest BCUT2D eigenvalue weighted by Crippen LogP contribution is 2.35. The summed E-state index contributed by atoms with van der Waals surface area (Å²) in [6, 6.07) is 7.58. The summed E-state index contributed by atoms with van der Waals surface area (Å²) >= 11 is 3.33. The molecule has 0 bridgehead atoms. The number of thioether (sulfide) groups is 1. The van der Waals surface area contributed by atoms with Gasteiger partial charge in [0.25, 0.3) is 0 Å². The van der Waals surface area contributed by atoms with Crippen LogP contribution in [0.3, 0.4) is 0 Å². The number of rotatable bonds is 5. The van der Waals surface area contributed by atoms with Gasteiger partial charge >= 0.3 is 0 Å². The number of thiazole rings is 1. The molecule has 0 saturated heterocycles. The second kappa shape index (κ2) is 7.36. The summed E-state index contributed by atoms with van der Waals surface area (Å²) in [7, 11) is 1.75. The molecule has 126 valence electrons. The Hall–Kier alpha value is -1.86. The van der Waals surface area contributed by atoms with Crippen LogP contribution in [0.2, 0.25) is 0 Å². The third-order valence-electron chi connectivity index (χ3n) is 4.05. The fourth-order valence-electron chi connectivity index (χ4n) is 2.80. The van der Waals surface area contributed by atoms with Crippen molar-refractivity contribution in [2.45, 2.75) is 24.6 Å². The van der Waals surface area contributed by atoms with Crippen LogP contribution in [-0.2, 0) is 21.9 Å². The van der Waals surface area contributed by atoms with E-state index in [2.05, 4.69) is 10.3 Å². The Bertz CT molecular complexity index is 760. The van der Waals surface area contributed by atoms with Gasteiger partial charge in [-0.3, -0.25) is 9.59 Å². The van der Waals surface area contributed by atoms with Gasteiger partial charge in [-0.2, -0.15) is 11.8 Å². The largest absolute Gasteiger partial charge is 0.350 e. The van der Waals surface area contributed by atoms with Crippen molar-refractivity contribution in [2.75, 3.05) is 18.2 Å². The molecular weight excluding hydrogens is 342 g/mol. The van der Waals surface area contributed by atoms with E-state index in [0.29, 0.717) is 6.54 Å². The van der Waals surface area contributed by atoms with Crippen molar-refractivity contribution < 1.29 is 9.59 Å². The molecule has 1 N–H and O–H groups in total. The standard InChI is InChI=1S/C17H19N3O2S2/c1-20-14-6-4-3-5-12(14)13(7-16(20)21)17(22)18-8-11-9-24-15(19-11)10-23-2/h3-6,9,13H,7-8,10H2,1-2H3,(H,18,22). The first kappa shape index (κ1) is 17.0. The lowest BCUT2D eigenvalue weighted by Crippen LogP contribution is -2.39. The lowest BCUT2D eigenvalue weighted by atomic mass is 9.89. The minimum atomic E-state index is -0.436. The highest BCUT2D eigenvalue weighted by Gasteiger charge is 2.33. The molecule has 1 aliphatic rings. The Balaban J connectivity index is 1.70. The lowest BCUT2D eigenvalue weighted by molar-refractivity contribution is -0.127. The molecule has 1 aromatic carbocycles. The second-order valence-electron chi connectivity index (χ2n) is 5.65. The second-order valence-corrected chi connectivity index (χ2v) is 7.46. The molecule has 1 atom stereocenters. The molecule has 2 aromatic rings. The molecule has 1 aliphatic heterocycles. The minimum Gasteiger partial charge on any atom is -0.350 e. The van der Waals surface area contributed by atoms with Crippen LogP contribution < -0.4 is 10.2 Å². The van der Waals surface area contributed by atoms with Crippen molar-refractivity contribution >= 4 is 40.6 Å². The first-order valence-corrected chi connectivity index (χ1v) is 9.93. The summed E-state index contributed by atoms with van der Waals surface area (Å²) < 4.78 is 0. The van der Waals surface area contributed by atoms with Crippen LogP contribution in [0.5, 0.6) is 0 Å². The number of benzene rings is 1. The Kier molecular flexibility index (Phi) is 5.20. The Morgan fingerprint density at radius 1 is 1.46 bits per heavy atom. The van der Waals surface area contributed by atoms with E-state index < -0.39 is 5.92 Å². The normalized spacial score (nSPS) is 16.8. The van der Waals surface area contributed by atoms with E-state index >= 15 is 0 Å². The highest BCUT2D eigenvalue weighted by atomic mass is 32.2. The molecule has 0 fully saturated rings. The van der Waals surface area contributed by atoms with Crippen LogP contribution in [0.1, 0.15) is 28.6 Å². The maximum absolute atomic E-state index is 12.6. The van der Waals surface area contributed by atoms with Gasteiger partial charge in [0, 0.05) is 30.3 Å². The number of nitrogens with one attached hydrogen (secondary N) is 1. The zero-order valence-electron chi connectivity index (χ0n) is 13.6. The highest BCUT2D eigenvalue weighted by molar-refractivity contribution is 7.97. The van der Waals surface area contributed by atoms with Crippen molar-refractivity contribution in [1.82, 2.24) is 10.3 Å². The topological polar surface area (TPSA) is 62.3 Å². The predicted molar refractivity (Wildman–Crippen MR) is 98.4 cm³/mol. The fourth-order valence-corrected chi connectivity index (χ4v) is 4.31. The predicted octanol–water partition coefficient (Wildman–Crippen LogP) is 2.77. The molecule has 0 spiro atoms. The molecule has 0 saturated carbocycles. The van der Waals surface area contributed by atoms with E-state index in [4.69, 9.17) is 0 Å². The molecule has 0 radical (unpaired) electrons. The first-order valence-electron chi connectivity index (χ1n) is 7.65. The number of aromatic nitrogens is 1. The average Bonchev–Trinajstić information content (AvgIpc) is 3.04. The molecule has 24 heavy (non-hydrogen) atoms. The summed E-state index contributed by atoms with van der Waals surface area (Å²) in [5.41, 5.74) is 2.58. The molecule has 0 aliphatic carbocycles. The average molecular weight is 361 g/mol. The van der Waals surface area contributed by atoms with Gasteiger partial charge in [-0.1, -0.05) is 18.2 Å². The Labute approximate surface area is 149 Å². The van der Waals surface area contributed by atoms with Gasteiger partial charge < -0.3 is 10.2 Å². The zero-order valence-corrected chi connectivity index (χ0v) is 15.2. The number of nitrogens with zero attached hydrogens (tertiary/aromatic N) is 2. The number of para-hydroxylation sites is 1. The number of amides is 2. The SMILES string of the molecule is CSCc1nc(CNC(=O)C2CC(=O)N(C)c3ccccc32)cs1. The van der Waals surface area contributed by atoms with E-state index in [-0.39, 0.29) is 18.2 Å². The van der Waals surface area contributed by atoms with Gasteiger partial charge in [-0.05, 0) is 17.9 Å². The van der Waals surface area contributed by atoms with Gasteiger partial charge in [0.1, 0.15) is 5.01 Å². The van der Waals surface area contributed by atoms with Crippen molar-refractivity contribution in [2.24, 2.45) is 0 Å². The van der Waals surface area contributed by atoms with E-state index in [9.17, 15) is 9.59 Å². The zero-order chi connectivity index (χ0) is 17.1. The van der Waals surface area contributed by atoms with Crippen molar-refractivity contribution in [1.29, 1.82) is 0 Å². The van der Waals surface area contributed by atoms with E-state index in [1.54, 1.807) is 35.0 Å². The van der Waals surface area contributed by atoms with Gasteiger partial charge in [-0.15, -0.1) is 11.3 Å². The summed E-state index contributed by atoms with van der Waals surface area (Å²) in [6.07, 6.45) is 2.24. The quantitative estimate of drug-likeness (QED) is 0.889. The molecule has 2 heterocycles. The maximum Gasteiger partial charge on any atom is 0.228 e. The minimum absolute atomic E-state index is 0.0373. The number of carbonyl (C=O) groups excluding carboxylic acids is 2. The van der Waals surface area contributed by atoms with E-state index in [1.165, 1.54) is 0 Å². The fraction of sp³-hybridized carbons (Fsp3) is 0.353. The van der Waals surface area contributed by atoms with Gasteiger partial charge in [0.05, 0.1) is 18.2 Å². The van der Waals surface area contributed by atoms with E-state index in [0.717, 1.165) is 27.7 Å². The number of fused-ring (bicyclic) bond motifs is 1. The smallest absolute Gasteiger partial charge is 0.228 e. The number of hydrogen-bond acceptors (Lipinski definition) is 5. The first-order chi connectivity index (χ1) is 11.6. The van der Waals surface area contributed by atoms with Crippen molar-refractivity contribution in [3.8, 4) is 0 Å². The molecule has 1 aromatic heterocycles. The summed E-state index contributed by atoms with van der Waals surface area (Å²) in [4.78, 5) is 30.9. The van der Waals surface area contributed by atoms with Crippen molar-refractivity contribution in [3.63, 3.8) is 0 Å². The Morgan fingerprint density at radius 2 is 2.25 bits per heavy atom. The van der Waals surface area contributed by atoms with Crippen LogP contribution in [0.25, 0.3) is 0 Å². The lowest BCUT2D eigenvalue weighted by Gasteiger charge is -2.30. The third-order valence-corrected chi connectivity index (χ3v) is 5.70. The van der Waals surface area contributed by atoms with Crippen LogP contribution in [-0.4, -0.2) is 30.1 Å². The van der Waals surface area contributed by atoms with E-state index in [1.807, 2.05) is 35.9 Å².